The van der Waals surface area contributed by atoms with Crippen LogP contribution in [0.5, 0.6) is 0 Å². The Morgan fingerprint density at radius 1 is 1.38 bits per heavy atom. The van der Waals surface area contributed by atoms with E-state index in [0.717, 1.165) is 37.2 Å². The van der Waals surface area contributed by atoms with Crippen molar-refractivity contribution in [1.29, 1.82) is 0 Å². The van der Waals surface area contributed by atoms with Crippen molar-refractivity contribution in [2.24, 2.45) is 7.05 Å². The van der Waals surface area contributed by atoms with Gasteiger partial charge in [0.25, 0.3) is 5.91 Å². The van der Waals surface area contributed by atoms with Gasteiger partial charge in [0.2, 0.25) is 0 Å². The third-order valence-corrected chi connectivity index (χ3v) is 4.40. The Kier molecular flexibility index (Phi) is 5.15. The number of piperidine rings is 1. The lowest BCUT2D eigenvalue weighted by molar-refractivity contribution is -0.132. The zero-order valence-electron chi connectivity index (χ0n) is 14.2. The molecule has 6 heteroatoms. The van der Waals surface area contributed by atoms with Gasteiger partial charge in [0.15, 0.2) is 6.10 Å². The number of ether oxygens (including phenoxy) is 1. The van der Waals surface area contributed by atoms with E-state index in [1.165, 1.54) is 0 Å². The quantitative estimate of drug-likeness (QED) is 0.911. The summed E-state index contributed by atoms with van der Waals surface area (Å²) in [7, 11) is 3.48. The minimum Gasteiger partial charge on any atom is -0.367 e. The van der Waals surface area contributed by atoms with Crippen molar-refractivity contribution in [3.05, 3.63) is 48.3 Å². The molecule has 2 aromatic rings. The fourth-order valence-corrected chi connectivity index (χ4v) is 3.20. The minimum atomic E-state index is -0.569. The molecule has 0 radical (unpaired) electrons. The number of methoxy groups -OCH3 is 1. The summed E-state index contributed by atoms with van der Waals surface area (Å²) in [6.07, 6.45) is 5.33. The number of nitrogens with zero attached hydrogens (tertiary/aromatic N) is 3. The van der Waals surface area contributed by atoms with Crippen LogP contribution in [0.25, 0.3) is 0 Å². The van der Waals surface area contributed by atoms with E-state index < -0.39 is 6.10 Å². The molecule has 0 aliphatic carbocycles. The van der Waals surface area contributed by atoms with Crippen molar-refractivity contribution in [1.82, 2.24) is 15.1 Å². The number of rotatable bonds is 5. The van der Waals surface area contributed by atoms with Gasteiger partial charge in [-0.3, -0.25) is 9.48 Å². The lowest BCUT2D eigenvalue weighted by atomic mass is 10.0. The van der Waals surface area contributed by atoms with E-state index in [-0.39, 0.29) is 11.9 Å². The van der Waals surface area contributed by atoms with Gasteiger partial charge in [0.1, 0.15) is 0 Å². The number of benzene rings is 1. The molecular formula is C18H24N4O2. The first-order valence-corrected chi connectivity index (χ1v) is 8.29. The second-order valence-electron chi connectivity index (χ2n) is 6.19. The van der Waals surface area contributed by atoms with Gasteiger partial charge in [-0.15, -0.1) is 0 Å². The SMILES string of the molecule is CO[C@H](C(=O)N[C@@H]1CCCN(c2cnn(C)c2)C1)c1ccccc1. The number of hydrogen-bond acceptors (Lipinski definition) is 4. The van der Waals surface area contributed by atoms with Crippen LogP contribution in [-0.2, 0) is 16.6 Å². The fraction of sp³-hybridized carbons (Fsp3) is 0.444. The second-order valence-corrected chi connectivity index (χ2v) is 6.19. The highest BCUT2D eigenvalue weighted by atomic mass is 16.5. The highest BCUT2D eigenvalue weighted by Gasteiger charge is 2.26. The van der Waals surface area contributed by atoms with E-state index in [4.69, 9.17) is 4.74 Å². The van der Waals surface area contributed by atoms with Crippen LogP contribution in [-0.4, -0.2) is 41.9 Å². The van der Waals surface area contributed by atoms with E-state index in [1.807, 2.05) is 49.8 Å². The van der Waals surface area contributed by atoms with Crippen molar-refractivity contribution in [3.8, 4) is 0 Å². The molecule has 0 unspecified atom stereocenters. The summed E-state index contributed by atoms with van der Waals surface area (Å²) >= 11 is 0. The third-order valence-electron chi connectivity index (χ3n) is 4.40. The number of aryl methyl sites for hydroxylation is 1. The van der Waals surface area contributed by atoms with Crippen molar-refractivity contribution in [3.63, 3.8) is 0 Å². The van der Waals surface area contributed by atoms with Crippen LogP contribution in [0, 0.1) is 0 Å². The largest absolute Gasteiger partial charge is 0.367 e. The van der Waals surface area contributed by atoms with Gasteiger partial charge in [-0.2, -0.15) is 5.10 Å². The molecule has 1 aliphatic heterocycles. The van der Waals surface area contributed by atoms with E-state index in [1.54, 1.807) is 11.8 Å². The molecule has 24 heavy (non-hydrogen) atoms. The Bertz CT molecular complexity index is 671. The molecule has 1 aromatic heterocycles. The molecule has 0 spiro atoms. The number of amides is 1. The molecule has 1 saturated heterocycles. The van der Waals surface area contributed by atoms with Gasteiger partial charge < -0.3 is 15.0 Å². The van der Waals surface area contributed by atoms with Crippen LogP contribution in [0.3, 0.4) is 0 Å². The van der Waals surface area contributed by atoms with Gasteiger partial charge in [-0.1, -0.05) is 30.3 Å². The number of carbonyl (C=O) groups excluding carboxylic acids is 1. The fourth-order valence-electron chi connectivity index (χ4n) is 3.20. The molecule has 0 bridgehead atoms. The van der Waals surface area contributed by atoms with Crippen LogP contribution in [0.4, 0.5) is 5.69 Å². The highest BCUT2D eigenvalue weighted by Crippen LogP contribution is 2.21. The topological polar surface area (TPSA) is 59.4 Å². The number of carbonyl (C=O) groups is 1. The predicted octanol–water partition coefficient (Wildman–Crippen LogP) is 1.89. The average Bonchev–Trinajstić information content (AvgIpc) is 3.03. The van der Waals surface area contributed by atoms with Gasteiger partial charge in [0, 0.05) is 39.5 Å². The lowest BCUT2D eigenvalue weighted by Crippen LogP contribution is -2.49. The maximum absolute atomic E-state index is 12.6. The van der Waals surface area contributed by atoms with Crippen molar-refractivity contribution in [2.75, 3.05) is 25.1 Å². The van der Waals surface area contributed by atoms with Crippen molar-refractivity contribution in [2.45, 2.75) is 25.0 Å². The lowest BCUT2D eigenvalue weighted by Gasteiger charge is -2.34. The highest BCUT2D eigenvalue weighted by molar-refractivity contribution is 5.82. The smallest absolute Gasteiger partial charge is 0.254 e. The van der Waals surface area contributed by atoms with Gasteiger partial charge in [-0.05, 0) is 18.4 Å². The minimum absolute atomic E-state index is 0.0817. The first kappa shape index (κ1) is 16.5. The molecule has 6 nitrogen and oxygen atoms in total. The Morgan fingerprint density at radius 3 is 2.83 bits per heavy atom. The maximum Gasteiger partial charge on any atom is 0.254 e. The Balaban J connectivity index is 1.63. The zero-order chi connectivity index (χ0) is 16.9. The molecule has 2 heterocycles. The van der Waals surface area contributed by atoms with Gasteiger partial charge >= 0.3 is 0 Å². The number of anilines is 1. The van der Waals surface area contributed by atoms with Crippen molar-refractivity contribution < 1.29 is 9.53 Å². The van der Waals surface area contributed by atoms with E-state index in [9.17, 15) is 4.79 Å². The average molecular weight is 328 g/mol. The van der Waals surface area contributed by atoms with Crippen LogP contribution in [0.15, 0.2) is 42.7 Å². The summed E-state index contributed by atoms with van der Waals surface area (Å²) in [5.41, 5.74) is 1.97. The van der Waals surface area contributed by atoms with Crippen LogP contribution in [0.1, 0.15) is 24.5 Å². The van der Waals surface area contributed by atoms with E-state index in [0.29, 0.717) is 0 Å². The normalized spacial score (nSPS) is 19.1. The Morgan fingerprint density at radius 2 is 2.17 bits per heavy atom. The summed E-state index contributed by atoms with van der Waals surface area (Å²) in [5.74, 6) is -0.0817. The third kappa shape index (κ3) is 3.76. The second kappa shape index (κ2) is 7.49. The maximum atomic E-state index is 12.6. The summed E-state index contributed by atoms with van der Waals surface area (Å²) in [5, 5.41) is 7.37. The van der Waals surface area contributed by atoms with Crippen LogP contribution >= 0.6 is 0 Å². The van der Waals surface area contributed by atoms with Crippen molar-refractivity contribution >= 4 is 11.6 Å². The molecule has 1 N–H and O–H groups in total. The molecular weight excluding hydrogens is 304 g/mol. The molecule has 1 aliphatic rings. The molecule has 1 fully saturated rings. The van der Waals surface area contributed by atoms with E-state index >= 15 is 0 Å². The number of hydrogen-bond donors (Lipinski definition) is 1. The van der Waals surface area contributed by atoms with E-state index in [2.05, 4.69) is 15.3 Å². The summed E-state index contributed by atoms with van der Waals surface area (Å²) in [4.78, 5) is 14.9. The number of nitrogens with one attached hydrogen (secondary N) is 1. The molecule has 2 atom stereocenters. The van der Waals surface area contributed by atoms with Crippen LogP contribution in [0.2, 0.25) is 0 Å². The molecule has 1 aromatic carbocycles. The molecule has 3 rings (SSSR count). The first-order chi connectivity index (χ1) is 11.7. The monoisotopic (exact) mass is 328 g/mol. The van der Waals surface area contributed by atoms with Gasteiger partial charge in [0.05, 0.1) is 11.9 Å². The zero-order valence-corrected chi connectivity index (χ0v) is 14.2. The summed E-state index contributed by atoms with van der Waals surface area (Å²) < 4.78 is 7.22. The predicted molar refractivity (Wildman–Crippen MR) is 92.8 cm³/mol. The summed E-state index contributed by atoms with van der Waals surface area (Å²) in [6, 6.07) is 9.71. The summed E-state index contributed by atoms with van der Waals surface area (Å²) in [6.45, 7) is 1.78. The number of aromatic nitrogens is 2. The first-order valence-electron chi connectivity index (χ1n) is 8.29. The Hall–Kier alpha value is -2.34. The Labute approximate surface area is 142 Å². The standard InChI is InChI=1S/C18H24N4O2/c1-21-13-16(11-19-21)22-10-6-9-15(12-22)20-18(23)17(24-2)14-7-4-3-5-8-14/h3-5,7-8,11,13,15,17H,6,9-10,12H2,1-2H3,(H,20,23)/t15-,17+/m1/s1. The molecule has 0 saturated carbocycles. The van der Waals surface area contributed by atoms with Crippen LogP contribution < -0.4 is 10.2 Å². The van der Waals surface area contributed by atoms with Gasteiger partial charge in [-0.25, -0.2) is 0 Å². The molecule has 1 amide bonds. The molecule has 128 valence electrons.